The van der Waals surface area contributed by atoms with E-state index < -0.39 is 0 Å². The van der Waals surface area contributed by atoms with Crippen molar-refractivity contribution in [3.63, 3.8) is 0 Å². The fraction of sp³-hybridized carbons (Fsp3) is 0.909. The van der Waals surface area contributed by atoms with Gasteiger partial charge in [0.1, 0.15) is 0 Å². The van der Waals surface area contributed by atoms with Gasteiger partial charge in [-0.05, 0) is 0 Å². The first-order valence-corrected chi connectivity index (χ1v) is 8.54. The van der Waals surface area contributed by atoms with Crippen molar-refractivity contribution in [1.29, 1.82) is 0 Å². The summed E-state index contributed by atoms with van der Waals surface area (Å²) in [6.45, 7) is 8.58. The number of amides is 1. The van der Waals surface area contributed by atoms with Gasteiger partial charge in [-0.15, -0.1) is 0 Å². The molecule has 17 heavy (non-hydrogen) atoms. The molecule has 3 unspecified atom stereocenters. The minimum absolute atomic E-state index is 0.0338. The van der Waals surface area contributed by atoms with Crippen LogP contribution in [-0.4, -0.2) is 55.6 Å². The van der Waals surface area contributed by atoms with Gasteiger partial charge in [-0.1, -0.05) is 0 Å². The molecular formula is C11H22N2O3Se. The molecule has 0 aromatic rings. The molecule has 1 fully saturated rings. The summed E-state index contributed by atoms with van der Waals surface area (Å²) in [6.07, 6.45) is -0.299. The van der Waals surface area contributed by atoms with Crippen molar-refractivity contribution in [2.75, 3.05) is 13.2 Å². The second-order valence-electron chi connectivity index (χ2n) is 5.13. The monoisotopic (exact) mass is 310 g/mol. The third kappa shape index (κ3) is 3.13. The predicted molar refractivity (Wildman–Crippen MR) is 67.0 cm³/mol. The van der Waals surface area contributed by atoms with Gasteiger partial charge in [-0.25, -0.2) is 0 Å². The Morgan fingerprint density at radius 1 is 1.59 bits per heavy atom. The molecule has 3 atom stereocenters. The topological polar surface area (TPSA) is 57.0 Å². The first kappa shape index (κ1) is 14.8. The van der Waals surface area contributed by atoms with Gasteiger partial charge < -0.3 is 0 Å². The third-order valence-electron chi connectivity index (χ3n) is 2.85. The molecule has 0 saturated carbocycles. The van der Waals surface area contributed by atoms with E-state index in [1.165, 1.54) is 0 Å². The number of rotatable bonds is 3. The fourth-order valence-electron chi connectivity index (χ4n) is 2.10. The van der Waals surface area contributed by atoms with Crippen LogP contribution in [0, 0.1) is 5.21 Å². The average Bonchev–Trinajstić information content (AvgIpc) is 2.15. The molecule has 6 heteroatoms. The van der Waals surface area contributed by atoms with Crippen LogP contribution in [0.5, 0.6) is 0 Å². The van der Waals surface area contributed by atoms with Crippen molar-refractivity contribution in [3.05, 3.63) is 5.21 Å². The summed E-state index contributed by atoms with van der Waals surface area (Å²) >= 11 is 0.246. The molecule has 1 N–H and O–H groups in total. The van der Waals surface area contributed by atoms with Crippen LogP contribution < -0.4 is 5.06 Å². The van der Waals surface area contributed by atoms with Gasteiger partial charge in [-0.2, -0.15) is 0 Å². The maximum atomic E-state index is 12.0. The van der Waals surface area contributed by atoms with E-state index in [1.54, 1.807) is 11.8 Å². The van der Waals surface area contributed by atoms with Crippen LogP contribution in [-0.2, 0) is 4.74 Å². The number of ether oxygens (including phenoxy) is 1. The summed E-state index contributed by atoms with van der Waals surface area (Å²) in [5.74, 6) is 2.05. The third-order valence-corrected chi connectivity index (χ3v) is 5.13. The first-order chi connectivity index (χ1) is 7.82. The molecule has 0 radical (unpaired) electrons. The van der Waals surface area contributed by atoms with E-state index in [1.807, 2.05) is 26.6 Å². The van der Waals surface area contributed by atoms with Gasteiger partial charge in [0.25, 0.3) is 0 Å². The molecule has 1 saturated heterocycles. The van der Waals surface area contributed by atoms with Crippen molar-refractivity contribution >= 4 is 21.1 Å². The number of hydroxylamine groups is 2. The molecule has 1 heterocycles. The van der Waals surface area contributed by atoms with Crippen molar-refractivity contribution in [2.24, 2.45) is 0 Å². The zero-order chi connectivity index (χ0) is 13.2. The summed E-state index contributed by atoms with van der Waals surface area (Å²) in [4.78, 5) is 13.8. The average molecular weight is 309 g/mol. The first-order valence-electron chi connectivity index (χ1n) is 5.84. The zero-order valence-electron chi connectivity index (χ0n) is 11.1. The zero-order valence-corrected chi connectivity index (χ0v) is 12.9. The Morgan fingerprint density at radius 3 is 2.53 bits per heavy atom. The summed E-state index contributed by atoms with van der Waals surface area (Å²) in [5, 5.41) is 11.8. The molecule has 5 nitrogen and oxygen atoms in total. The van der Waals surface area contributed by atoms with Crippen molar-refractivity contribution < 1.29 is 14.6 Å². The van der Waals surface area contributed by atoms with Crippen molar-refractivity contribution in [2.45, 2.75) is 50.0 Å². The van der Waals surface area contributed by atoms with Crippen LogP contribution in [0.4, 0.5) is 4.79 Å². The van der Waals surface area contributed by atoms with Crippen LogP contribution in [0.2, 0.25) is 5.82 Å². The molecule has 1 rings (SSSR count). The summed E-state index contributed by atoms with van der Waals surface area (Å²) < 4.78 is 5.10. The molecule has 1 aliphatic rings. The summed E-state index contributed by atoms with van der Waals surface area (Å²) in [7, 11) is 0. The molecule has 1 aliphatic heterocycles. The Morgan fingerprint density at radius 2 is 2.18 bits per heavy atom. The molecule has 0 aliphatic carbocycles. The molecule has 0 aromatic heterocycles. The van der Waals surface area contributed by atoms with Gasteiger partial charge in [0.2, 0.25) is 0 Å². The Labute approximate surface area is 109 Å². The second-order valence-corrected chi connectivity index (χ2v) is 7.19. The molecule has 100 valence electrons. The molecule has 0 spiro atoms. The van der Waals surface area contributed by atoms with E-state index in [-0.39, 0.29) is 42.6 Å². The van der Waals surface area contributed by atoms with Crippen LogP contribution in [0.25, 0.3) is 0 Å². The van der Waals surface area contributed by atoms with E-state index >= 15 is 0 Å². The summed E-state index contributed by atoms with van der Waals surface area (Å²) in [5.41, 5.74) is -0.304. The van der Waals surface area contributed by atoms with Crippen LogP contribution >= 0.6 is 0 Å². The number of carbonyl (C=O) groups is 1. The number of nitrogens with zero attached hydrogens (tertiary/aromatic N) is 1. The van der Waals surface area contributed by atoms with E-state index in [9.17, 15) is 10.0 Å². The Kier molecular flexibility index (Phi) is 4.84. The van der Waals surface area contributed by atoms with E-state index in [0.717, 1.165) is 0 Å². The van der Waals surface area contributed by atoms with Crippen molar-refractivity contribution in [1.82, 2.24) is 4.90 Å². The number of nitrogens with one attached hydrogen (secondary N) is 1. The number of quaternary nitrogens is 1. The van der Waals surface area contributed by atoms with Gasteiger partial charge in [0.15, 0.2) is 0 Å². The number of hydrogen-bond donors (Lipinski definition) is 1. The van der Waals surface area contributed by atoms with Gasteiger partial charge in [-0.3, -0.25) is 0 Å². The molecule has 0 bridgehead atoms. The predicted octanol–water partition coefficient (Wildman–Crippen LogP) is 0.0867. The maximum absolute atomic E-state index is 12.0. The van der Waals surface area contributed by atoms with E-state index in [4.69, 9.17) is 4.74 Å². The molecular weight excluding hydrogens is 287 g/mol. The van der Waals surface area contributed by atoms with Crippen LogP contribution in [0.15, 0.2) is 0 Å². The summed E-state index contributed by atoms with van der Waals surface area (Å²) in [6, 6.07) is 0.0338. The Bertz CT molecular complexity index is 280. The normalized spacial score (nSPS) is 28.5. The SMILES string of the molecule is CCOC(=O)N(C1C[NH+]([O-])C1[Se]C)C(C)(C)C. The van der Waals surface area contributed by atoms with Gasteiger partial charge >= 0.3 is 109 Å². The number of carbonyl (C=O) groups excluding carboxylic acids is 1. The van der Waals surface area contributed by atoms with Crippen molar-refractivity contribution in [3.8, 4) is 0 Å². The Balaban J connectivity index is 2.81. The Hall–Kier alpha value is -0.291. The van der Waals surface area contributed by atoms with Gasteiger partial charge in [0, 0.05) is 0 Å². The minimum atomic E-state index is -0.304. The standard InChI is InChI=1S/C11H22N2O3Se/c1-6-16-10(14)13(11(2,3)4)8-7-12(15)9(8)17-5/h8-9,12H,6-7H2,1-5H3. The number of hydrogen-bond acceptors (Lipinski definition) is 3. The van der Waals surface area contributed by atoms with Crippen LogP contribution in [0.1, 0.15) is 27.7 Å². The molecule has 0 aromatic carbocycles. The second kappa shape index (κ2) is 5.57. The van der Waals surface area contributed by atoms with E-state index in [2.05, 4.69) is 0 Å². The van der Waals surface area contributed by atoms with Crippen LogP contribution in [0.3, 0.4) is 0 Å². The molecule has 1 amide bonds. The van der Waals surface area contributed by atoms with E-state index in [0.29, 0.717) is 13.2 Å². The van der Waals surface area contributed by atoms with Gasteiger partial charge in [0.05, 0.1) is 0 Å². The fourth-order valence-corrected chi connectivity index (χ4v) is 3.97. The quantitative estimate of drug-likeness (QED) is 0.594.